The predicted molar refractivity (Wildman–Crippen MR) is 122 cm³/mol. The number of aliphatic hydroxyl groups excluding tert-OH is 1. The van der Waals surface area contributed by atoms with Gasteiger partial charge in [-0.2, -0.15) is 4.31 Å². The quantitative estimate of drug-likeness (QED) is 0.179. The summed E-state index contributed by atoms with van der Waals surface area (Å²) in [6, 6.07) is 3.40. The van der Waals surface area contributed by atoms with Crippen molar-refractivity contribution < 1.29 is 47.6 Å². The molecule has 7 N–H and O–H groups in total. The van der Waals surface area contributed by atoms with E-state index in [9.17, 15) is 24.2 Å². The van der Waals surface area contributed by atoms with E-state index in [1.54, 1.807) is 24.5 Å². The Kier molecular flexibility index (Phi) is 7.04. The fourth-order valence-corrected chi connectivity index (χ4v) is 5.26. The van der Waals surface area contributed by atoms with Crippen molar-refractivity contribution in [3.63, 3.8) is 0 Å². The highest BCUT2D eigenvalue weighted by Crippen LogP contribution is 2.58. The molecule has 0 spiro atoms. The summed E-state index contributed by atoms with van der Waals surface area (Å²) in [7, 11) is -10.6. The molecule has 15 nitrogen and oxygen atoms in total. The highest BCUT2D eigenvalue weighted by molar-refractivity contribution is 7.60. The molecule has 36 heavy (non-hydrogen) atoms. The lowest BCUT2D eigenvalue weighted by Crippen LogP contribution is -2.44. The Morgan fingerprint density at radius 3 is 2.58 bits per heavy atom. The molecule has 3 aromatic rings. The molecule has 0 radical (unpaired) electrons. The standard InChI is InChI=1S/C19H21N5O10P2/c1-19(26)15(25)13(9-32-36(30,31)34-35(27,28)29)33-18(19)24-8-12(3-2-11-4-6-21-7-5-11)14-16(20)22-10-23-17(14)24/h4-8,10,13,15,18,25-26H,9H2,1H3,(H,30,31)(H2,20,22,23)(H2,27,28,29)/t13?,15?,18?,19-/m1/s1. The normalized spacial score (nSPS) is 25.9. The number of nitrogens with zero attached hydrogens (tertiary/aromatic N) is 4. The summed E-state index contributed by atoms with van der Waals surface area (Å²) >= 11 is 0. The van der Waals surface area contributed by atoms with E-state index >= 15 is 0 Å². The van der Waals surface area contributed by atoms with Gasteiger partial charge >= 0.3 is 15.6 Å². The van der Waals surface area contributed by atoms with Gasteiger partial charge in [0.25, 0.3) is 0 Å². The van der Waals surface area contributed by atoms with Crippen LogP contribution in [0.3, 0.4) is 0 Å². The zero-order chi connectivity index (χ0) is 26.3. The summed E-state index contributed by atoms with van der Waals surface area (Å²) in [4.78, 5) is 39.1. The van der Waals surface area contributed by atoms with E-state index in [4.69, 9.17) is 20.3 Å². The minimum Gasteiger partial charge on any atom is -0.387 e. The Bertz CT molecular complexity index is 1430. The van der Waals surface area contributed by atoms with Gasteiger partial charge in [-0.25, -0.2) is 19.1 Å². The first kappa shape index (κ1) is 26.3. The number of phosphoric acid groups is 2. The second kappa shape index (κ2) is 9.62. The van der Waals surface area contributed by atoms with Gasteiger partial charge in [0.05, 0.1) is 17.6 Å². The Morgan fingerprint density at radius 1 is 1.22 bits per heavy atom. The number of anilines is 1. The molecule has 0 bridgehead atoms. The topological polar surface area (TPSA) is 233 Å². The minimum atomic E-state index is -5.35. The van der Waals surface area contributed by atoms with Crippen molar-refractivity contribution in [2.24, 2.45) is 0 Å². The van der Waals surface area contributed by atoms with Crippen molar-refractivity contribution in [1.82, 2.24) is 19.5 Å². The first-order chi connectivity index (χ1) is 16.8. The Morgan fingerprint density at radius 2 is 1.92 bits per heavy atom. The van der Waals surface area contributed by atoms with E-state index in [2.05, 4.69) is 35.6 Å². The molecule has 1 aliphatic heterocycles. The van der Waals surface area contributed by atoms with Crippen LogP contribution in [0.15, 0.2) is 37.1 Å². The van der Waals surface area contributed by atoms with Gasteiger partial charge in [-0.1, -0.05) is 11.8 Å². The number of phosphoric ester groups is 1. The van der Waals surface area contributed by atoms with Crippen LogP contribution in [0.1, 0.15) is 24.3 Å². The second-order valence-corrected chi connectivity index (χ2v) is 10.8. The number of fused-ring (bicyclic) bond motifs is 1. The number of aliphatic hydroxyl groups is 2. The van der Waals surface area contributed by atoms with Crippen LogP contribution < -0.4 is 5.73 Å². The Balaban J connectivity index is 1.67. The molecule has 5 atom stereocenters. The number of aromatic nitrogens is 4. The smallest absolute Gasteiger partial charge is 0.387 e. The third-order valence-electron chi connectivity index (χ3n) is 5.28. The third-order valence-corrected chi connectivity index (χ3v) is 7.43. The van der Waals surface area contributed by atoms with Crippen LogP contribution in [0.5, 0.6) is 0 Å². The maximum absolute atomic E-state index is 11.8. The van der Waals surface area contributed by atoms with E-state index in [1.165, 1.54) is 24.0 Å². The first-order valence-electron chi connectivity index (χ1n) is 10.1. The summed E-state index contributed by atoms with van der Waals surface area (Å²) in [5, 5.41) is 22.1. The summed E-state index contributed by atoms with van der Waals surface area (Å²) < 4.78 is 38.0. The summed E-state index contributed by atoms with van der Waals surface area (Å²) in [5.41, 5.74) is 5.35. The van der Waals surface area contributed by atoms with Crippen molar-refractivity contribution in [1.29, 1.82) is 0 Å². The van der Waals surface area contributed by atoms with Crippen LogP contribution in [0.4, 0.5) is 5.82 Å². The SMILES string of the molecule is C[C@@]1(O)C(O)C(COP(=O)(O)OP(=O)(O)O)OC1n1cc(C#Cc2ccncc2)c2c(N)ncnc21. The van der Waals surface area contributed by atoms with Gasteiger partial charge in [0.2, 0.25) is 0 Å². The molecule has 1 saturated heterocycles. The fourth-order valence-electron chi connectivity index (χ4n) is 3.66. The van der Waals surface area contributed by atoms with Gasteiger partial charge in [0, 0.05) is 24.2 Å². The molecule has 0 aliphatic carbocycles. The summed E-state index contributed by atoms with van der Waals surface area (Å²) in [5.74, 6) is 6.02. The van der Waals surface area contributed by atoms with Gasteiger partial charge in [-0.3, -0.25) is 9.51 Å². The molecule has 0 amide bonds. The van der Waals surface area contributed by atoms with Crippen molar-refractivity contribution >= 4 is 32.5 Å². The van der Waals surface area contributed by atoms with E-state index in [0.29, 0.717) is 16.5 Å². The number of pyridine rings is 1. The largest absolute Gasteiger partial charge is 0.481 e. The number of nitrogens with two attached hydrogens (primary N) is 1. The average molecular weight is 541 g/mol. The van der Waals surface area contributed by atoms with Gasteiger partial charge in [-0.05, 0) is 19.1 Å². The van der Waals surface area contributed by atoms with Crippen molar-refractivity contribution in [2.45, 2.75) is 31.0 Å². The monoisotopic (exact) mass is 541 g/mol. The van der Waals surface area contributed by atoms with Gasteiger partial charge in [-0.15, -0.1) is 0 Å². The van der Waals surface area contributed by atoms with Crippen LogP contribution in [0.25, 0.3) is 11.0 Å². The molecule has 3 aromatic heterocycles. The third kappa shape index (κ3) is 5.49. The molecule has 4 rings (SSSR count). The van der Waals surface area contributed by atoms with Crippen molar-refractivity contribution in [2.75, 3.05) is 12.3 Å². The van der Waals surface area contributed by atoms with Gasteiger partial charge < -0.3 is 39.9 Å². The summed E-state index contributed by atoms with van der Waals surface area (Å²) in [6.45, 7) is 0.401. The zero-order valence-electron chi connectivity index (χ0n) is 18.4. The van der Waals surface area contributed by atoms with Crippen molar-refractivity contribution in [3.8, 4) is 11.8 Å². The molecule has 1 aliphatic rings. The van der Waals surface area contributed by atoms with Crippen LogP contribution >= 0.6 is 15.6 Å². The van der Waals surface area contributed by atoms with Crippen LogP contribution in [-0.4, -0.2) is 68.8 Å². The predicted octanol–water partition coefficient (Wildman–Crippen LogP) is 0.0439. The molecule has 0 aromatic carbocycles. The number of ether oxygens (including phenoxy) is 1. The first-order valence-corrected chi connectivity index (χ1v) is 13.1. The molecule has 4 heterocycles. The zero-order valence-corrected chi connectivity index (χ0v) is 20.2. The maximum atomic E-state index is 11.8. The van der Waals surface area contributed by atoms with E-state index in [0.717, 1.165) is 0 Å². The second-order valence-electron chi connectivity index (χ2n) is 7.93. The number of nitrogen functional groups attached to an aromatic ring is 1. The molecule has 4 unspecified atom stereocenters. The van der Waals surface area contributed by atoms with E-state index in [1.807, 2.05) is 0 Å². The lowest BCUT2D eigenvalue weighted by molar-refractivity contribution is -0.0947. The number of hydrogen-bond donors (Lipinski definition) is 6. The Labute approximate surface area is 203 Å². The fraction of sp³-hybridized carbons (Fsp3) is 0.316. The number of rotatable bonds is 6. The highest BCUT2D eigenvalue weighted by atomic mass is 31.3. The number of hydrogen-bond acceptors (Lipinski definition) is 11. The Hall–Kier alpha value is -2.73. The molecule has 192 valence electrons. The average Bonchev–Trinajstić information content (AvgIpc) is 3.25. The molecule has 17 heteroatoms. The van der Waals surface area contributed by atoms with Crippen molar-refractivity contribution in [3.05, 3.63) is 48.2 Å². The minimum absolute atomic E-state index is 0.103. The van der Waals surface area contributed by atoms with Gasteiger partial charge in [0.15, 0.2) is 6.23 Å². The highest BCUT2D eigenvalue weighted by Gasteiger charge is 2.54. The molecular weight excluding hydrogens is 520 g/mol. The molecular formula is C19H21N5O10P2. The molecule has 1 fully saturated rings. The van der Waals surface area contributed by atoms with Crippen LogP contribution in [-0.2, 0) is 22.7 Å². The van der Waals surface area contributed by atoms with E-state index in [-0.39, 0.29) is 11.5 Å². The maximum Gasteiger partial charge on any atom is 0.481 e. The van der Waals surface area contributed by atoms with E-state index < -0.39 is 46.3 Å². The van der Waals surface area contributed by atoms with Crippen LogP contribution in [0, 0.1) is 11.8 Å². The molecule has 0 saturated carbocycles. The lowest BCUT2D eigenvalue weighted by atomic mass is 9.96. The summed E-state index contributed by atoms with van der Waals surface area (Å²) in [6.07, 6.45) is 1.45. The lowest BCUT2D eigenvalue weighted by Gasteiger charge is -2.27. The van der Waals surface area contributed by atoms with Crippen LogP contribution in [0.2, 0.25) is 0 Å². The van der Waals surface area contributed by atoms with Gasteiger partial charge in [0.1, 0.15) is 35.6 Å².